The van der Waals surface area contributed by atoms with Crippen LogP contribution in [-0.2, 0) is 11.3 Å². The number of rotatable bonds is 6. The molecule has 0 aromatic heterocycles. The minimum atomic E-state index is -0.229. The summed E-state index contributed by atoms with van der Waals surface area (Å²) < 4.78 is 18.6. The lowest BCUT2D eigenvalue weighted by atomic mass is 10.2. The first-order valence-electron chi connectivity index (χ1n) is 9.89. The van der Waals surface area contributed by atoms with E-state index in [2.05, 4.69) is 14.8 Å². The van der Waals surface area contributed by atoms with Gasteiger partial charge in [-0.05, 0) is 42.0 Å². The standard InChI is InChI=1S/C22H28FN5O2.HI/c1-26(2)21(29)16-30-20-5-3-4-17(14-20)15-25-22(24)28-12-10-27(11-13-28)19-8-6-18(23)7-9-19;/h3-9,14H,10-13,15-16H2,1-2H3,(H2,24,25);1H. The van der Waals surface area contributed by atoms with Gasteiger partial charge in [-0.2, -0.15) is 0 Å². The summed E-state index contributed by atoms with van der Waals surface area (Å²) in [7, 11) is 3.39. The van der Waals surface area contributed by atoms with Crippen LogP contribution in [0.1, 0.15) is 5.56 Å². The highest BCUT2D eigenvalue weighted by Crippen LogP contribution is 2.17. The fraction of sp³-hybridized carbons (Fsp3) is 0.364. The second-order valence-electron chi connectivity index (χ2n) is 7.35. The van der Waals surface area contributed by atoms with E-state index in [1.165, 1.54) is 17.0 Å². The maximum absolute atomic E-state index is 13.1. The van der Waals surface area contributed by atoms with Crippen molar-refractivity contribution in [3.63, 3.8) is 0 Å². The monoisotopic (exact) mass is 541 g/mol. The van der Waals surface area contributed by atoms with Crippen molar-refractivity contribution in [2.24, 2.45) is 10.7 Å². The molecule has 3 rings (SSSR count). The summed E-state index contributed by atoms with van der Waals surface area (Å²) in [5.41, 5.74) is 8.16. The van der Waals surface area contributed by atoms with Gasteiger partial charge in [-0.1, -0.05) is 12.1 Å². The molecular formula is C22H29FIN5O2. The van der Waals surface area contributed by atoms with Crippen molar-refractivity contribution < 1.29 is 13.9 Å². The Labute approximate surface area is 199 Å². The number of hydrogen-bond donors (Lipinski definition) is 1. The summed E-state index contributed by atoms with van der Waals surface area (Å²) >= 11 is 0. The number of benzene rings is 2. The van der Waals surface area contributed by atoms with Gasteiger partial charge in [0.25, 0.3) is 5.91 Å². The maximum atomic E-state index is 13.1. The molecule has 2 aromatic rings. The number of nitrogens with two attached hydrogens (primary N) is 1. The number of anilines is 1. The van der Waals surface area contributed by atoms with Gasteiger partial charge in [0.05, 0.1) is 6.54 Å². The average Bonchev–Trinajstić information content (AvgIpc) is 2.76. The van der Waals surface area contributed by atoms with E-state index in [0.29, 0.717) is 18.3 Å². The van der Waals surface area contributed by atoms with Gasteiger partial charge in [0.15, 0.2) is 12.6 Å². The molecule has 0 saturated carbocycles. The molecule has 168 valence electrons. The van der Waals surface area contributed by atoms with Crippen molar-refractivity contribution in [1.82, 2.24) is 9.80 Å². The largest absolute Gasteiger partial charge is 0.484 e. The zero-order chi connectivity index (χ0) is 21.5. The lowest BCUT2D eigenvalue weighted by Gasteiger charge is -2.36. The molecule has 0 atom stereocenters. The molecule has 0 radical (unpaired) electrons. The minimum absolute atomic E-state index is 0. The zero-order valence-corrected chi connectivity index (χ0v) is 20.2. The molecule has 1 saturated heterocycles. The first-order chi connectivity index (χ1) is 14.4. The van der Waals surface area contributed by atoms with Crippen LogP contribution in [0.4, 0.5) is 10.1 Å². The van der Waals surface area contributed by atoms with Gasteiger partial charge in [-0.25, -0.2) is 9.38 Å². The predicted molar refractivity (Wildman–Crippen MR) is 132 cm³/mol. The molecule has 0 unspecified atom stereocenters. The third kappa shape index (κ3) is 7.27. The smallest absolute Gasteiger partial charge is 0.259 e. The normalized spacial score (nSPS) is 14.1. The van der Waals surface area contributed by atoms with Gasteiger partial charge in [0, 0.05) is 46.0 Å². The summed E-state index contributed by atoms with van der Waals surface area (Å²) in [4.78, 5) is 21.9. The SMILES string of the molecule is CN(C)C(=O)COc1cccc(CN=C(N)N2CCN(c3ccc(F)cc3)CC2)c1.I. The van der Waals surface area contributed by atoms with E-state index >= 15 is 0 Å². The second-order valence-corrected chi connectivity index (χ2v) is 7.35. The number of amides is 1. The summed E-state index contributed by atoms with van der Waals surface area (Å²) in [5.74, 6) is 0.808. The molecule has 0 aliphatic carbocycles. The number of guanidine groups is 1. The van der Waals surface area contributed by atoms with Crippen LogP contribution in [-0.4, -0.2) is 68.5 Å². The number of ether oxygens (including phenoxy) is 1. The first-order valence-corrected chi connectivity index (χ1v) is 9.89. The number of halogens is 2. The number of hydrogen-bond acceptors (Lipinski definition) is 4. The molecule has 2 N–H and O–H groups in total. The van der Waals surface area contributed by atoms with E-state index in [1.54, 1.807) is 26.2 Å². The Hall–Kier alpha value is -2.56. The van der Waals surface area contributed by atoms with Gasteiger partial charge in [-0.3, -0.25) is 4.79 Å². The molecule has 1 fully saturated rings. The Kier molecular flexibility index (Phi) is 9.35. The molecule has 2 aromatic carbocycles. The fourth-order valence-corrected chi connectivity index (χ4v) is 3.13. The van der Waals surface area contributed by atoms with Crippen LogP contribution >= 0.6 is 24.0 Å². The summed E-state index contributed by atoms with van der Waals surface area (Å²) in [6, 6.07) is 14.0. The quantitative estimate of drug-likeness (QED) is 0.346. The molecule has 7 nitrogen and oxygen atoms in total. The lowest BCUT2D eigenvalue weighted by molar-refractivity contribution is -0.130. The Morgan fingerprint density at radius 2 is 1.81 bits per heavy atom. The highest BCUT2D eigenvalue weighted by atomic mass is 127. The Bertz CT molecular complexity index is 884. The number of nitrogens with zero attached hydrogens (tertiary/aromatic N) is 4. The van der Waals surface area contributed by atoms with E-state index < -0.39 is 0 Å². The van der Waals surface area contributed by atoms with Crippen LogP contribution < -0.4 is 15.4 Å². The van der Waals surface area contributed by atoms with Crippen LogP contribution in [0, 0.1) is 5.82 Å². The summed E-state index contributed by atoms with van der Waals surface area (Å²) in [5, 5.41) is 0. The molecule has 1 aliphatic heterocycles. The molecular weight excluding hydrogens is 512 g/mol. The van der Waals surface area contributed by atoms with Gasteiger partial charge in [0.1, 0.15) is 11.6 Å². The van der Waals surface area contributed by atoms with Crippen LogP contribution in [0.25, 0.3) is 0 Å². The van der Waals surface area contributed by atoms with Gasteiger partial charge in [-0.15, -0.1) is 24.0 Å². The third-order valence-electron chi connectivity index (χ3n) is 4.98. The van der Waals surface area contributed by atoms with Gasteiger partial charge >= 0.3 is 0 Å². The summed E-state index contributed by atoms with van der Waals surface area (Å²) in [6.45, 7) is 3.53. The molecule has 1 amide bonds. The molecule has 1 aliphatic rings. The molecule has 9 heteroatoms. The van der Waals surface area contributed by atoms with E-state index in [4.69, 9.17) is 10.5 Å². The van der Waals surface area contributed by atoms with Crippen LogP contribution in [0.3, 0.4) is 0 Å². The second kappa shape index (κ2) is 11.7. The number of aliphatic imine (C=N–C) groups is 1. The third-order valence-corrected chi connectivity index (χ3v) is 4.98. The van der Waals surface area contributed by atoms with Gasteiger partial charge in [0.2, 0.25) is 0 Å². The van der Waals surface area contributed by atoms with Crippen molar-refractivity contribution in [2.45, 2.75) is 6.54 Å². The Morgan fingerprint density at radius 3 is 2.45 bits per heavy atom. The Morgan fingerprint density at radius 1 is 1.13 bits per heavy atom. The van der Waals surface area contributed by atoms with Crippen LogP contribution in [0.5, 0.6) is 5.75 Å². The van der Waals surface area contributed by atoms with E-state index in [9.17, 15) is 9.18 Å². The van der Waals surface area contributed by atoms with Crippen molar-refractivity contribution >= 4 is 41.5 Å². The van der Waals surface area contributed by atoms with Crippen molar-refractivity contribution in [2.75, 3.05) is 51.8 Å². The lowest BCUT2D eigenvalue weighted by Crippen LogP contribution is -2.51. The minimum Gasteiger partial charge on any atom is -0.484 e. The molecule has 0 spiro atoms. The number of piperazine rings is 1. The summed E-state index contributed by atoms with van der Waals surface area (Å²) in [6.07, 6.45) is 0. The highest BCUT2D eigenvalue weighted by molar-refractivity contribution is 14.0. The van der Waals surface area contributed by atoms with Crippen LogP contribution in [0.15, 0.2) is 53.5 Å². The fourth-order valence-electron chi connectivity index (χ4n) is 3.13. The van der Waals surface area contributed by atoms with E-state index in [0.717, 1.165) is 37.4 Å². The van der Waals surface area contributed by atoms with E-state index in [1.807, 2.05) is 24.3 Å². The molecule has 0 bridgehead atoms. The van der Waals surface area contributed by atoms with Crippen LogP contribution in [0.2, 0.25) is 0 Å². The molecule has 1 heterocycles. The van der Waals surface area contributed by atoms with Crippen molar-refractivity contribution in [1.29, 1.82) is 0 Å². The number of carbonyl (C=O) groups is 1. The predicted octanol–water partition coefficient (Wildman–Crippen LogP) is 2.55. The average molecular weight is 541 g/mol. The zero-order valence-electron chi connectivity index (χ0n) is 17.8. The van der Waals surface area contributed by atoms with E-state index in [-0.39, 0.29) is 42.3 Å². The first kappa shape index (κ1) is 24.7. The van der Waals surface area contributed by atoms with Crippen molar-refractivity contribution in [3.05, 3.63) is 59.9 Å². The molecule has 31 heavy (non-hydrogen) atoms. The number of carbonyl (C=O) groups excluding carboxylic acids is 1. The number of likely N-dealkylation sites (N-methyl/N-ethyl adjacent to an activating group) is 1. The topological polar surface area (TPSA) is 74.4 Å². The Balaban J connectivity index is 0.00000341. The highest BCUT2D eigenvalue weighted by Gasteiger charge is 2.18. The van der Waals surface area contributed by atoms with Gasteiger partial charge < -0.3 is 25.2 Å². The van der Waals surface area contributed by atoms with Crippen molar-refractivity contribution in [3.8, 4) is 5.75 Å². The maximum Gasteiger partial charge on any atom is 0.259 e.